The smallest absolute Gasteiger partial charge is 0.0164 e. The van der Waals surface area contributed by atoms with Gasteiger partial charge in [-0.1, -0.05) is 56.9 Å². The minimum absolute atomic E-state index is 0.684. The average molecular weight is 271 g/mol. The summed E-state index contributed by atoms with van der Waals surface area (Å²) in [6, 6.07) is 9.82. The van der Waals surface area contributed by atoms with Crippen LogP contribution >= 0.6 is 0 Å². The van der Waals surface area contributed by atoms with Crippen molar-refractivity contribution in [2.45, 2.75) is 63.8 Å². The van der Waals surface area contributed by atoms with Crippen LogP contribution in [0.15, 0.2) is 24.3 Å². The molecule has 0 aromatic heterocycles. The van der Waals surface area contributed by atoms with Crippen molar-refractivity contribution in [2.24, 2.45) is 11.8 Å². The molecule has 1 N–H and O–H groups in total. The number of hydrogen-bond acceptors (Lipinski definition) is 1. The van der Waals surface area contributed by atoms with Gasteiger partial charge in [-0.05, 0) is 49.3 Å². The Morgan fingerprint density at radius 1 is 1.15 bits per heavy atom. The minimum atomic E-state index is 0.684. The molecule has 1 saturated carbocycles. The van der Waals surface area contributed by atoms with E-state index in [1.165, 1.54) is 44.9 Å². The van der Waals surface area contributed by atoms with Gasteiger partial charge >= 0.3 is 0 Å². The Labute approximate surface area is 124 Å². The summed E-state index contributed by atoms with van der Waals surface area (Å²) < 4.78 is 0. The maximum Gasteiger partial charge on any atom is 0.0164 e. The Morgan fingerprint density at radius 2 is 1.95 bits per heavy atom. The molecule has 0 amide bonds. The summed E-state index contributed by atoms with van der Waals surface area (Å²) in [5.74, 6) is 2.57. The Bertz CT molecular complexity index is 439. The average Bonchev–Trinajstić information content (AvgIpc) is 2.93. The molecule has 0 bridgehead atoms. The Hall–Kier alpha value is -0.820. The van der Waals surface area contributed by atoms with Gasteiger partial charge in [0.15, 0.2) is 0 Å². The van der Waals surface area contributed by atoms with Crippen molar-refractivity contribution in [1.82, 2.24) is 5.32 Å². The zero-order chi connectivity index (χ0) is 13.9. The van der Waals surface area contributed by atoms with Gasteiger partial charge < -0.3 is 5.32 Å². The van der Waals surface area contributed by atoms with E-state index in [1.54, 1.807) is 11.1 Å². The van der Waals surface area contributed by atoms with Gasteiger partial charge in [0.1, 0.15) is 0 Å². The van der Waals surface area contributed by atoms with Crippen molar-refractivity contribution in [2.75, 3.05) is 7.05 Å². The van der Waals surface area contributed by atoms with Crippen LogP contribution < -0.4 is 5.32 Å². The summed E-state index contributed by atoms with van der Waals surface area (Å²) in [5, 5.41) is 3.72. The standard InChI is InChI=1S/C19H29N/c1-3-14-8-4-7-11-17(14)19(20-2)18-13-12-15-9-5-6-10-16(15)18/h5-6,9-10,14,17-20H,3-4,7-8,11-13H2,1-2H3. The fourth-order valence-electron chi connectivity index (χ4n) is 4.89. The second-order valence-electron chi connectivity index (χ2n) is 6.78. The van der Waals surface area contributed by atoms with Gasteiger partial charge in [-0.2, -0.15) is 0 Å². The molecule has 0 saturated heterocycles. The lowest BCUT2D eigenvalue weighted by Crippen LogP contribution is -2.43. The fourth-order valence-corrected chi connectivity index (χ4v) is 4.89. The quantitative estimate of drug-likeness (QED) is 0.849. The number of benzene rings is 1. The molecule has 3 rings (SSSR count). The maximum absolute atomic E-state index is 3.72. The van der Waals surface area contributed by atoms with E-state index in [0.717, 1.165) is 17.8 Å². The second-order valence-corrected chi connectivity index (χ2v) is 6.78. The SMILES string of the molecule is CCC1CCCCC1C(NC)C1CCc2ccccc21. The molecular weight excluding hydrogens is 242 g/mol. The monoisotopic (exact) mass is 271 g/mol. The van der Waals surface area contributed by atoms with E-state index in [9.17, 15) is 0 Å². The molecule has 2 aliphatic carbocycles. The summed E-state index contributed by atoms with van der Waals surface area (Å²) in [6.07, 6.45) is 9.76. The van der Waals surface area contributed by atoms with E-state index < -0.39 is 0 Å². The highest BCUT2D eigenvalue weighted by Gasteiger charge is 2.37. The van der Waals surface area contributed by atoms with Crippen LogP contribution in [0.25, 0.3) is 0 Å². The zero-order valence-corrected chi connectivity index (χ0v) is 13.1. The molecule has 4 atom stereocenters. The number of fused-ring (bicyclic) bond motifs is 1. The lowest BCUT2D eigenvalue weighted by Gasteiger charge is -2.40. The molecule has 4 unspecified atom stereocenters. The highest BCUT2D eigenvalue weighted by Crippen LogP contribution is 2.43. The molecule has 1 fully saturated rings. The third-order valence-corrected chi connectivity index (χ3v) is 5.90. The Morgan fingerprint density at radius 3 is 2.75 bits per heavy atom. The van der Waals surface area contributed by atoms with Crippen LogP contribution in [0.2, 0.25) is 0 Å². The third kappa shape index (κ3) is 2.53. The first-order chi connectivity index (χ1) is 9.85. The molecule has 0 spiro atoms. The molecule has 0 heterocycles. The lowest BCUT2D eigenvalue weighted by atomic mass is 9.70. The highest BCUT2D eigenvalue weighted by atomic mass is 14.9. The van der Waals surface area contributed by atoms with Crippen molar-refractivity contribution in [3.05, 3.63) is 35.4 Å². The summed E-state index contributed by atoms with van der Waals surface area (Å²) in [4.78, 5) is 0. The van der Waals surface area contributed by atoms with Gasteiger partial charge in [0, 0.05) is 12.0 Å². The first kappa shape index (κ1) is 14.1. The largest absolute Gasteiger partial charge is 0.316 e. The lowest BCUT2D eigenvalue weighted by molar-refractivity contribution is 0.162. The molecule has 2 aliphatic rings. The van der Waals surface area contributed by atoms with Crippen LogP contribution in [-0.2, 0) is 6.42 Å². The number of rotatable bonds is 4. The van der Waals surface area contributed by atoms with Crippen molar-refractivity contribution >= 4 is 0 Å². The Balaban J connectivity index is 1.83. The third-order valence-electron chi connectivity index (χ3n) is 5.90. The van der Waals surface area contributed by atoms with E-state index in [2.05, 4.69) is 43.6 Å². The summed E-state index contributed by atoms with van der Waals surface area (Å²) >= 11 is 0. The van der Waals surface area contributed by atoms with Gasteiger partial charge in [0.2, 0.25) is 0 Å². The zero-order valence-electron chi connectivity index (χ0n) is 13.1. The van der Waals surface area contributed by atoms with Crippen molar-refractivity contribution in [1.29, 1.82) is 0 Å². The van der Waals surface area contributed by atoms with Gasteiger partial charge in [-0.25, -0.2) is 0 Å². The van der Waals surface area contributed by atoms with Gasteiger partial charge in [0.25, 0.3) is 0 Å². The van der Waals surface area contributed by atoms with E-state index in [4.69, 9.17) is 0 Å². The van der Waals surface area contributed by atoms with Crippen molar-refractivity contribution in [3.63, 3.8) is 0 Å². The molecule has 1 heteroatoms. The van der Waals surface area contributed by atoms with Crippen LogP contribution in [0, 0.1) is 11.8 Å². The highest BCUT2D eigenvalue weighted by molar-refractivity contribution is 5.36. The summed E-state index contributed by atoms with van der Waals surface area (Å²) in [7, 11) is 2.19. The molecule has 1 nitrogen and oxygen atoms in total. The van der Waals surface area contributed by atoms with Crippen molar-refractivity contribution < 1.29 is 0 Å². The second kappa shape index (κ2) is 6.30. The number of likely N-dealkylation sites (N-methyl/N-ethyl adjacent to an activating group) is 1. The maximum atomic E-state index is 3.72. The molecular formula is C19H29N. The van der Waals surface area contributed by atoms with Gasteiger partial charge in [0.05, 0.1) is 0 Å². The fraction of sp³-hybridized carbons (Fsp3) is 0.684. The van der Waals surface area contributed by atoms with Crippen LogP contribution in [0.5, 0.6) is 0 Å². The van der Waals surface area contributed by atoms with Crippen LogP contribution in [0.4, 0.5) is 0 Å². The Kier molecular flexibility index (Phi) is 4.45. The van der Waals surface area contributed by atoms with Crippen LogP contribution in [-0.4, -0.2) is 13.1 Å². The first-order valence-electron chi connectivity index (χ1n) is 8.60. The molecule has 110 valence electrons. The number of nitrogens with one attached hydrogen (secondary N) is 1. The van der Waals surface area contributed by atoms with E-state index >= 15 is 0 Å². The molecule has 1 aromatic carbocycles. The summed E-state index contributed by atoms with van der Waals surface area (Å²) in [6.45, 7) is 2.39. The molecule has 20 heavy (non-hydrogen) atoms. The molecule has 1 aromatic rings. The molecule has 0 aliphatic heterocycles. The van der Waals surface area contributed by atoms with Crippen LogP contribution in [0.3, 0.4) is 0 Å². The first-order valence-corrected chi connectivity index (χ1v) is 8.60. The van der Waals surface area contributed by atoms with E-state index in [1.807, 2.05) is 0 Å². The van der Waals surface area contributed by atoms with Crippen molar-refractivity contribution in [3.8, 4) is 0 Å². The van der Waals surface area contributed by atoms with Gasteiger partial charge in [-0.3, -0.25) is 0 Å². The predicted molar refractivity (Wildman–Crippen MR) is 86.1 cm³/mol. The summed E-state index contributed by atoms with van der Waals surface area (Å²) in [5.41, 5.74) is 3.23. The number of aryl methyl sites for hydroxylation is 1. The topological polar surface area (TPSA) is 12.0 Å². The molecule has 0 radical (unpaired) electrons. The van der Waals surface area contributed by atoms with E-state index in [-0.39, 0.29) is 0 Å². The van der Waals surface area contributed by atoms with Crippen LogP contribution in [0.1, 0.15) is 62.5 Å². The minimum Gasteiger partial charge on any atom is -0.316 e. The normalized spacial score (nSPS) is 31.0. The number of hydrogen-bond donors (Lipinski definition) is 1. The predicted octanol–water partition coefficient (Wildman–Crippen LogP) is 4.52. The van der Waals surface area contributed by atoms with Gasteiger partial charge in [-0.15, -0.1) is 0 Å². The van der Waals surface area contributed by atoms with E-state index in [0.29, 0.717) is 6.04 Å².